The lowest BCUT2D eigenvalue weighted by atomic mass is 10.1. The number of ether oxygens (including phenoxy) is 2. The van der Waals surface area contributed by atoms with Gasteiger partial charge in [0, 0.05) is 5.54 Å². The van der Waals surface area contributed by atoms with Crippen LogP contribution in [-0.4, -0.2) is 43.2 Å². The number of methoxy groups -OCH3 is 1. The lowest BCUT2D eigenvalue weighted by Gasteiger charge is -2.19. The van der Waals surface area contributed by atoms with Crippen LogP contribution < -0.4 is 25.5 Å². The molecule has 0 bridgehead atoms. The molecular weight excluding hydrogens is 400 g/mol. The van der Waals surface area contributed by atoms with E-state index >= 15 is 0 Å². The minimum Gasteiger partial charge on any atom is -0.495 e. The smallest absolute Gasteiger partial charge is 0.329 e. The highest BCUT2D eigenvalue weighted by molar-refractivity contribution is 6.35. The van der Waals surface area contributed by atoms with Gasteiger partial charge < -0.3 is 20.1 Å². The van der Waals surface area contributed by atoms with E-state index in [1.165, 1.54) is 13.3 Å². The molecule has 2 rings (SSSR count). The molecular formula is C22H26N4O5. The van der Waals surface area contributed by atoms with E-state index in [0.29, 0.717) is 22.7 Å². The standard InChI is InChI=1S/C22H26N4O5/c1-22(2,3)25-20(28)21(29)26-23-13-15-9-11-16(12-10-15)31-14-19(27)24-17-7-5-6-8-18(17)30-4/h5-13H,14H2,1-4H3,(H,24,27)(H,25,28)(H,26,29)/b23-13-. The Balaban J connectivity index is 1.81. The lowest BCUT2D eigenvalue weighted by molar-refractivity contribution is -0.140. The van der Waals surface area contributed by atoms with E-state index in [-0.39, 0.29) is 12.5 Å². The van der Waals surface area contributed by atoms with Crippen LogP contribution in [0.25, 0.3) is 0 Å². The first-order valence-corrected chi connectivity index (χ1v) is 9.49. The molecule has 9 nitrogen and oxygen atoms in total. The van der Waals surface area contributed by atoms with Crippen molar-refractivity contribution in [1.82, 2.24) is 10.7 Å². The molecule has 0 unspecified atom stereocenters. The van der Waals surface area contributed by atoms with Gasteiger partial charge in [0.25, 0.3) is 5.91 Å². The molecule has 164 valence electrons. The van der Waals surface area contributed by atoms with Crippen LogP contribution in [0.4, 0.5) is 5.69 Å². The molecule has 0 atom stereocenters. The number of benzene rings is 2. The van der Waals surface area contributed by atoms with Gasteiger partial charge in [-0.2, -0.15) is 5.10 Å². The van der Waals surface area contributed by atoms with Gasteiger partial charge in [-0.25, -0.2) is 5.43 Å². The molecule has 2 aromatic carbocycles. The molecule has 0 saturated carbocycles. The third-order valence-corrected chi connectivity index (χ3v) is 3.71. The van der Waals surface area contributed by atoms with Gasteiger partial charge in [0.15, 0.2) is 6.61 Å². The van der Waals surface area contributed by atoms with Crippen LogP contribution in [0, 0.1) is 0 Å². The average Bonchev–Trinajstić information content (AvgIpc) is 2.72. The summed E-state index contributed by atoms with van der Waals surface area (Å²) in [5.41, 5.74) is 2.88. The Bertz CT molecular complexity index is 949. The second-order valence-corrected chi connectivity index (χ2v) is 7.51. The summed E-state index contributed by atoms with van der Waals surface area (Å²) in [6, 6.07) is 13.8. The highest BCUT2D eigenvalue weighted by atomic mass is 16.5. The Kier molecular flexibility index (Phi) is 8.13. The Morgan fingerprint density at radius 3 is 2.32 bits per heavy atom. The van der Waals surface area contributed by atoms with Gasteiger partial charge in [0.2, 0.25) is 0 Å². The molecule has 0 fully saturated rings. The summed E-state index contributed by atoms with van der Waals surface area (Å²) in [4.78, 5) is 35.4. The van der Waals surface area contributed by atoms with Gasteiger partial charge >= 0.3 is 11.8 Å². The van der Waals surface area contributed by atoms with Crippen molar-refractivity contribution in [2.75, 3.05) is 19.0 Å². The number of rotatable bonds is 7. The monoisotopic (exact) mass is 426 g/mol. The van der Waals surface area contributed by atoms with Gasteiger partial charge in [0.1, 0.15) is 11.5 Å². The fourth-order valence-electron chi connectivity index (χ4n) is 2.35. The number of nitrogens with zero attached hydrogens (tertiary/aromatic N) is 1. The Morgan fingerprint density at radius 2 is 1.68 bits per heavy atom. The maximum atomic E-state index is 12.1. The predicted molar refractivity (Wildman–Crippen MR) is 117 cm³/mol. The number of hydrogen-bond donors (Lipinski definition) is 3. The zero-order valence-corrected chi connectivity index (χ0v) is 17.9. The fourth-order valence-corrected chi connectivity index (χ4v) is 2.35. The first kappa shape index (κ1) is 23.4. The van der Waals surface area contributed by atoms with Gasteiger partial charge in [0.05, 0.1) is 19.0 Å². The fraction of sp³-hybridized carbons (Fsp3) is 0.273. The van der Waals surface area contributed by atoms with Crippen LogP contribution in [0.1, 0.15) is 26.3 Å². The molecule has 0 aliphatic rings. The molecule has 0 saturated heterocycles. The SMILES string of the molecule is COc1ccccc1NC(=O)COc1ccc(/C=N\NC(=O)C(=O)NC(C)(C)C)cc1. The minimum absolute atomic E-state index is 0.176. The number of anilines is 1. The lowest BCUT2D eigenvalue weighted by Crippen LogP contribution is -2.47. The number of nitrogens with one attached hydrogen (secondary N) is 3. The Labute approximate surface area is 180 Å². The van der Waals surface area contributed by atoms with E-state index in [4.69, 9.17) is 9.47 Å². The maximum absolute atomic E-state index is 12.1. The summed E-state index contributed by atoms with van der Waals surface area (Å²) in [5.74, 6) is -0.901. The van der Waals surface area contributed by atoms with E-state index in [2.05, 4.69) is 21.2 Å². The minimum atomic E-state index is -0.854. The number of carbonyl (C=O) groups excluding carboxylic acids is 3. The topological polar surface area (TPSA) is 118 Å². The molecule has 9 heteroatoms. The predicted octanol–water partition coefficient (Wildman–Crippen LogP) is 2.08. The third-order valence-electron chi connectivity index (χ3n) is 3.71. The second-order valence-electron chi connectivity index (χ2n) is 7.51. The second kappa shape index (κ2) is 10.8. The molecule has 3 N–H and O–H groups in total. The summed E-state index contributed by atoms with van der Waals surface area (Å²) in [5, 5.41) is 9.02. The number of hydrogen-bond acceptors (Lipinski definition) is 6. The molecule has 31 heavy (non-hydrogen) atoms. The summed E-state index contributed by atoms with van der Waals surface area (Å²) in [6.07, 6.45) is 1.39. The summed E-state index contributed by atoms with van der Waals surface area (Å²) in [6.45, 7) is 5.14. The van der Waals surface area contributed by atoms with E-state index in [9.17, 15) is 14.4 Å². The zero-order chi connectivity index (χ0) is 22.9. The first-order chi connectivity index (χ1) is 14.7. The molecule has 2 aromatic rings. The van der Waals surface area contributed by atoms with Crippen LogP contribution in [-0.2, 0) is 14.4 Å². The first-order valence-electron chi connectivity index (χ1n) is 9.49. The van der Waals surface area contributed by atoms with Crippen molar-refractivity contribution in [3.8, 4) is 11.5 Å². The zero-order valence-electron chi connectivity index (χ0n) is 17.9. The number of carbonyl (C=O) groups is 3. The normalized spacial score (nSPS) is 11.0. The quantitative estimate of drug-likeness (QED) is 0.356. The molecule has 0 aliphatic carbocycles. The van der Waals surface area contributed by atoms with Crippen molar-refractivity contribution < 1.29 is 23.9 Å². The van der Waals surface area contributed by atoms with Crippen molar-refractivity contribution in [1.29, 1.82) is 0 Å². The van der Waals surface area contributed by atoms with Crippen LogP contribution in [0.5, 0.6) is 11.5 Å². The van der Waals surface area contributed by atoms with Gasteiger partial charge in [-0.05, 0) is 62.7 Å². The summed E-state index contributed by atoms with van der Waals surface area (Å²) >= 11 is 0. The van der Waals surface area contributed by atoms with Gasteiger partial charge in [-0.15, -0.1) is 0 Å². The highest BCUT2D eigenvalue weighted by Gasteiger charge is 2.19. The largest absolute Gasteiger partial charge is 0.495 e. The summed E-state index contributed by atoms with van der Waals surface area (Å²) < 4.78 is 10.7. The van der Waals surface area contributed by atoms with E-state index in [1.807, 2.05) is 6.07 Å². The van der Waals surface area contributed by atoms with Crippen molar-refractivity contribution >= 4 is 29.6 Å². The van der Waals surface area contributed by atoms with Gasteiger partial charge in [-0.1, -0.05) is 12.1 Å². The van der Waals surface area contributed by atoms with Crippen molar-refractivity contribution in [3.63, 3.8) is 0 Å². The summed E-state index contributed by atoms with van der Waals surface area (Å²) in [7, 11) is 1.53. The van der Waals surface area contributed by atoms with E-state index < -0.39 is 17.4 Å². The Hall–Kier alpha value is -3.88. The number of hydrazone groups is 1. The van der Waals surface area contributed by atoms with E-state index in [0.717, 1.165) is 0 Å². The van der Waals surface area contributed by atoms with Crippen molar-refractivity contribution in [3.05, 3.63) is 54.1 Å². The molecule has 0 spiro atoms. The van der Waals surface area contributed by atoms with E-state index in [1.54, 1.807) is 63.2 Å². The molecule has 0 heterocycles. The molecule has 3 amide bonds. The average molecular weight is 426 g/mol. The number of para-hydroxylation sites is 2. The third kappa shape index (κ3) is 8.17. The Morgan fingerprint density at radius 1 is 1.00 bits per heavy atom. The maximum Gasteiger partial charge on any atom is 0.329 e. The van der Waals surface area contributed by atoms with Crippen molar-refractivity contribution in [2.24, 2.45) is 5.10 Å². The van der Waals surface area contributed by atoms with Crippen molar-refractivity contribution in [2.45, 2.75) is 26.3 Å². The molecule has 0 aromatic heterocycles. The highest BCUT2D eigenvalue weighted by Crippen LogP contribution is 2.22. The van der Waals surface area contributed by atoms with Crippen LogP contribution >= 0.6 is 0 Å². The van der Waals surface area contributed by atoms with Crippen LogP contribution in [0.3, 0.4) is 0 Å². The van der Waals surface area contributed by atoms with Crippen LogP contribution in [0.15, 0.2) is 53.6 Å². The van der Waals surface area contributed by atoms with Gasteiger partial charge in [-0.3, -0.25) is 14.4 Å². The molecule has 0 aliphatic heterocycles. The number of amides is 3. The van der Waals surface area contributed by atoms with Crippen LogP contribution in [0.2, 0.25) is 0 Å². The molecule has 0 radical (unpaired) electrons.